The first-order chi connectivity index (χ1) is 22.5. The largest absolute Gasteiger partial charge is 0.506 e. The average molecular weight is 625 g/mol. The summed E-state index contributed by atoms with van der Waals surface area (Å²) in [6.45, 7) is 2.84. The molecule has 7 heteroatoms. The molecule has 0 unspecified atom stereocenters. The second-order valence-corrected chi connectivity index (χ2v) is 11.8. The van der Waals surface area contributed by atoms with Crippen molar-refractivity contribution in [3.63, 3.8) is 0 Å². The maximum Gasteiger partial charge on any atom is 0.419 e. The van der Waals surface area contributed by atoms with E-state index < -0.39 is 12.0 Å². The number of amides is 2. The van der Waals surface area contributed by atoms with Gasteiger partial charge in [-0.15, -0.1) is 0 Å². The lowest BCUT2D eigenvalue weighted by Crippen LogP contribution is -2.29. The second kappa shape index (κ2) is 18.4. The lowest BCUT2D eigenvalue weighted by Gasteiger charge is -2.20. The van der Waals surface area contributed by atoms with Gasteiger partial charge in [-0.1, -0.05) is 126 Å². The Labute approximate surface area is 273 Å². The van der Waals surface area contributed by atoms with Crippen LogP contribution in [0.15, 0.2) is 84.9 Å². The van der Waals surface area contributed by atoms with E-state index in [0.717, 1.165) is 12.8 Å². The number of nitrogens with one attached hydrogen (secondary N) is 1. The van der Waals surface area contributed by atoms with Crippen LogP contribution < -0.4 is 19.7 Å². The van der Waals surface area contributed by atoms with Crippen molar-refractivity contribution >= 4 is 34.1 Å². The molecular formula is C39H48N2O5. The molecule has 7 nitrogen and oxygen atoms in total. The van der Waals surface area contributed by atoms with Gasteiger partial charge in [0, 0.05) is 17.8 Å². The van der Waals surface area contributed by atoms with E-state index in [1.54, 1.807) is 67.7 Å². The number of fused-ring (bicyclic) bond motifs is 1. The maximum atomic E-state index is 13.3. The van der Waals surface area contributed by atoms with Crippen molar-refractivity contribution in [2.75, 3.05) is 23.9 Å². The molecule has 0 heterocycles. The predicted molar refractivity (Wildman–Crippen MR) is 187 cm³/mol. The van der Waals surface area contributed by atoms with E-state index in [9.17, 15) is 14.7 Å². The Morgan fingerprint density at radius 1 is 0.696 bits per heavy atom. The number of hydrogen-bond donors (Lipinski definition) is 2. The van der Waals surface area contributed by atoms with Gasteiger partial charge >= 0.3 is 6.09 Å². The third kappa shape index (κ3) is 9.99. The molecule has 0 bridgehead atoms. The van der Waals surface area contributed by atoms with Crippen molar-refractivity contribution in [3.8, 4) is 17.2 Å². The number of phenols is 1. The average Bonchev–Trinajstić information content (AvgIpc) is 3.07. The maximum absolute atomic E-state index is 13.3. The van der Waals surface area contributed by atoms with Gasteiger partial charge in [0.15, 0.2) is 0 Å². The van der Waals surface area contributed by atoms with Gasteiger partial charge in [0.2, 0.25) is 0 Å². The highest BCUT2D eigenvalue weighted by Crippen LogP contribution is 2.35. The molecule has 0 saturated carbocycles. The Balaban J connectivity index is 1.29. The second-order valence-electron chi connectivity index (χ2n) is 11.8. The number of carbonyl (C=O) groups is 2. The summed E-state index contributed by atoms with van der Waals surface area (Å²) in [6, 6.07) is 24.7. The number of benzene rings is 4. The quantitative estimate of drug-likeness (QED) is 0.108. The minimum absolute atomic E-state index is 0.120. The van der Waals surface area contributed by atoms with Gasteiger partial charge in [-0.2, -0.15) is 0 Å². The Hall–Kier alpha value is -4.52. The Morgan fingerprint density at radius 3 is 2.02 bits per heavy atom. The number of aromatic hydroxyl groups is 1. The summed E-state index contributed by atoms with van der Waals surface area (Å²) in [4.78, 5) is 27.5. The van der Waals surface area contributed by atoms with Crippen molar-refractivity contribution in [2.45, 2.75) is 84.0 Å². The highest BCUT2D eigenvalue weighted by atomic mass is 16.6. The zero-order chi connectivity index (χ0) is 32.6. The molecule has 0 fully saturated rings. The number of hydrogen-bond acceptors (Lipinski definition) is 5. The summed E-state index contributed by atoms with van der Waals surface area (Å²) < 4.78 is 11.5. The molecule has 0 aliphatic carbocycles. The fourth-order valence-electron chi connectivity index (χ4n) is 5.57. The van der Waals surface area contributed by atoms with Gasteiger partial charge in [0.1, 0.15) is 17.2 Å². The van der Waals surface area contributed by atoms with Crippen LogP contribution in [0.5, 0.6) is 17.2 Å². The van der Waals surface area contributed by atoms with E-state index in [-0.39, 0.29) is 11.3 Å². The first-order valence-corrected chi connectivity index (χ1v) is 16.8. The molecule has 4 aromatic rings. The monoisotopic (exact) mass is 624 g/mol. The first kappa shape index (κ1) is 34.4. The fourth-order valence-corrected chi connectivity index (χ4v) is 5.57. The van der Waals surface area contributed by atoms with Crippen molar-refractivity contribution in [1.29, 1.82) is 0 Å². The van der Waals surface area contributed by atoms with Gasteiger partial charge in [-0.05, 0) is 42.8 Å². The number of rotatable bonds is 18. The highest BCUT2D eigenvalue weighted by Gasteiger charge is 2.20. The number of para-hydroxylation sites is 3. The Morgan fingerprint density at radius 2 is 1.33 bits per heavy atom. The summed E-state index contributed by atoms with van der Waals surface area (Å²) in [5.41, 5.74) is 1.20. The van der Waals surface area contributed by atoms with Gasteiger partial charge in [-0.3, -0.25) is 9.69 Å². The normalized spacial score (nSPS) is 10.9. The Bertz CT molecular complexity index is 1540. The van der Waals surface area contributed by atoms with Gasteiger partial charge in [-0.25, -0.2) is 4.79 Å². The van der Waals surface area contributed by atoms with Crippen LogP contribution in [0.4, 0.5) is 16.2 Å². The van der Waals surface area contributed by atoms with E-state index >= 15 is 0 Å². The van der Waals surface area contributed by atoms with Crippen LogP contribution in [0.25, 0.3) is 10.8 Å². The molecule has 0 aromatic heterocycles. The number of nitrogens with zero attached hydrogens (tertiary/aromatic N) is 1. The standard InChI is InChI=1S/C39H48N2O5/c1-3-4-5-6-7-8-9-10-11-12-13-19-29-45-36-26-18-17-24-34(36)40-38(43)33-28-27-31-32(37(33)42)23-20-25-35(31)41(2)39(44)46-30-21-15-14-16-22-30/h14-18,20-28,42H,3-13,19,29H2,1-2H3,(H,40,43). The summed E-state index contributed by atoms with van der Waals surface area (Å²) in [5, 5.41) is 15.1. The third-order valence-electron chi connectivity index (χ3n) is 8.23. The van der Waals surface area contributed by atoms with Crippen LogP contribution in [0.1, 0.15) is 94.3 Å². The molecule has 2 amide bonds. The fraction of sp³-hybridized carbons (Fsp3) is 0.385. The molecule has 0 atom stereocenters. The summed E-state index contributed by atoms with van der Waals surface area (Å²) in [7, 11) is 1.60. The molecule has 244 valence electrons. The van der Waals surface area contributed by atoms with Crippen LogP contribution in [0.3, 0.4) is 0 Å². The molecule has 0 saturated heterocycles. The molecular weight excluding hydrogens is 576 g/mol. The Kier molecular flexibility index (Phi) is 13.8. The van der Waals surface area contributed by atoms with E-state index in [1.807, 2.05) is 24.3 Å². The summed E-state index contributed by atoms with van der Waals surface area (Å²) in [6.07, 6.45) is 14.8. The van der Waals surface area contributed by atoms with Gasteiger partial charge < -0.3 is 19.9 Å². The zero-order valence-corrected chi connectivity index (χ0v) is 27.3. The predicted octanol–water partition coefficient (Wildman–Crippen LogP) is 10.5. The van der Waals surface area contributed by atoms with E-state index in [1.165, 1.54) is 69.1 Å². The van der Waals surface area contributed by atoms with Crippen LogP contribution in [0, 0.1) is 0 Å². The van der Waals surface area contributed by atoms with Crippen molar-refractivity contribution in [3.05, 3.63) is 90.5 Å². The highest BCUT2D eigenvalue weighted by molar-refractivity contribution is 6.12. The first-order valence-electron chi connectivity index (χ1n) is 16.8. The number of unbranched alkanes of at least 4 members (excludes halogenated alkanes) is 11. The van der Waals surface area contributed by atoms with E-state index in [4.69, 9.17) is 9.47 Å². The molecule has 4 rings (SSSR count). The molecule has 0 aliphatic rings. The lowest BCUT2D eigenvalue weighted by atomic mass is 10.0. The molecule has 0 radical (unpaired) electrons. The minimum atomic E-state index is -0.569. The van der Waals surface area contributed by atoms with Gasteiger partial charge in [0.25, 0.3) is 5.91 Å². The van der Waals surface area contributed by atoms with Crippen LogP contribution in [-0.4, -0.2) is 30.8 Å². The molecule has 2 N–H and O–H groups in total. The van der Waals surface area contributed by atoms with E-state index in [0.29, 0.717) is 40.3 Å². The van der Waals surface area contributed by atoms with Crippen LogP contribution in [0.2, 0.25) is 0 Å². The van der Waals surface area contributed by atoms with Crippen molar-refractivity contribution in [2.24, 2.45) is 0 Å². The molecule has 46 heavy (non-hydrogen) atoms. The lowest BCUT2D eigenvalue weighted by molar-refractivity contribution is 0.102. The molecule has 4 aromatic carbocycles. The summed E-state index contributed by atoms with van der Waals surface area (Å²) in [5.74, 6) is 0.402. The van der Waals surface area contributed by atoms with Gasteiger partial charge in [0.05, 0.1) is 23.5 Å². The van der Waals surface area contributed by atoms with Crippen LogP contribution in [-0.2, 0) is 0 Å². The smallest absolute Gasteiger partial charge is 0.419 e. The number of phenolic OH excluding ortho intramolecular Hbond substituents is 1. The third-order valence-corrected chi connectivity index (χ3v) is 8.23. The number of carbonyl (C=O) groups excluding carboxylic acids is 2. The molecule has 0 spiro atoms. The zero-order valence-electron chi connectivity index (χ0n) is 27.3. The van der Waals surface area contributed by atoms with Crippen molar-refractivity contribution < 1.29 is 24.2 Å². The van der Waals surface area contributed by atoms with Crippen molar-refractivity contribution in [1.82, 2.24) is 0 Å². The minimum Gasteiger partial charge on any atom is -0.506 e. The number of anilines is 2. The van der Waals surface area contributed by atoms with E-state index in [2.05, 4.69) is 12.2 Å². The molecule has 0 aliphatic heterocycles. The SMILES string of the molecule is CCCCCCCCCCCCCCOc1ccccc1NC(=O)c1ccc2c(N(C)C(=O)Oc3ccccc3)cccc2c1O. The summed E-state index contributed by atoms with van der Waals surface area (Å²) >= 11 is 0. The van der Waals surface area contributed by atoms with Crippen LogP contribution >= 0.6 is 0 Å². The number of ether oxygens (including phenoxy) is 2. The topological polar surface area (TPSA) is 88.1 Å².